The number of aliphatic carboxylic acids is 1. The van der Waals surface area contributed by atoms with Crippen molar-refractivity contribution >= 4 is 17.6 Å². The van der Waals surface area contributed by atoms with Crippen LogP contribution in [0.4, 0.5) is 0 Å². The highest BCUT2D eigenvalue weighted by Gasteiger charge is 2.35. The standard InChI is InChI=1S/C15H20ClNO3/c1-3-20-14-7-6-11(16)9-12(14)10(2)17-8-4-5-13(17)15(18)19/h6-7,9-10,13H,3-5,8H2,1-2H3,(H,18,19). The Balaban J connectivity index is 2.29. The van der Waals surface area contributed by atoms with Gasteiger partial charge in [0.1, 0.15) is 11.8 Å². The van der Waals surface area contributed by atoms with Gasteiger partial charge >= 0.3 is 5.97 Å². The second-order valence-corrected chi connectivity index (χ2v) is 5.46. The fourth-order valence-electron chi connectivity index (χ4n) is 2.83. The maximum Gasteiger partial charge on any atom is 0.320 e. The van der Waals surface area contributed by atoms with Crippen LogP contribution in [-0.2, 0) is 4.79 Å². The first-order chi connectivity index (χ1) is 9.54. The molecule has 1 N–H and O–H groups in total. The molecule has 5 heteroatoms. The first-order valence-corrected chi connectivity index (χ1v) is 7.33. The average Bonchev–Trinajstić information content (AvgIpc) is 2.89. The van der Waals surface area contributed by atoms with E-state index in [0.29, 0.717) is 18.1 Å². The van der Waals surface area contributed by atoms with E-state index in [4.69, 9.17) is 16.3 Å². The van der Waals surface area contributed by atoms with Crippen molar-refractivity contribution in [2.75, 3.05) is 13.2 Å². The molecule has 4 nitrogen and oxygen atoms in total. The number of nitrogens with zero attached hydrogens (tertiary/aromatic N) is 1. The molecule has 0 amide bonds. The van der Waals surface area contributed by atoms with Gasteiger partial charge in [-0.1, -0.05) is 11.6 Å². The van der Waals surface area contributed by atoms with E-state index < -0.39 is 12.0 Å². The van der Waals surface area contributed by atoms with Crippen LogP contribution in [-0.4, -0.2) is 35.2 Å². The molecule has 2 atom stereocenters. The lowest BCUT2D eigenvalue weighted by molar-refractivity contribution is -0.142. The second-order valence-electron chi connectivity index (χ2n) is 5.03. The van der Waals surface area contributed by atoms with Gasteiger partial charge in [-0.2, -0.15) is 0 Å². The zero-order valence-corrected chi connectivity index (χ0v) is 12.6. The van der Waals surface area contributed by atoms with Crippen molar-refractivity contribution in [1.29, 1.82) is 0 Å². The van der Waals surface area contributed by atoms with Crippen molar-refractivity contribution in [3.8, 4) is 5.75 Å². The lowest BCUT2D eigenvalue weighted by Gasteiger charge is -2.29. The van der Waals surface area contributed by atoms with Crippen molar-refractivity contribution in [1.82, 2.24) is 4.90 Å². The number of carbonyl (C=O) groups is 1. The first-order valence-electron chi connectivity index (χ1n) is 6.95. The van der Waals surface area contributed by atoms with Crippen molar-refractivity contribution in [2.45, 2.75) is 38.8 Å². The van der Waals surface area contributed by atoms with Crippen molar-refractivity contribution in [3.05, 3.63) is 28.8 Å². The summed E-state index contributed by atoms with van der Waals surface area (Å²) >= 11 is 6.08. The number of hydrogen-bond donors (Lipinski definition) is 1. The number of hydrogen-bond acceptors (Lipinski definition) is 3. The van der Waals surface area contributed by atoms with E-state index in [1.54, 1.807) is 6.07 Å². The van der Waals surface area contributed by atoms with Gasteiger partial charge in [-0.25, -0.2) is 0 Å². The van der Waals surface area contributed by atoms with Gasteiger partial charge in [-0.15, -0.1) is 0 Å². The lowest BCUT2D eigenvalue weighted by atomic mass is 10.0. The number of benzene rings is 1. The van der Waals surface area contributed by atoms with Crippen LogP contribution in [0.15, 0.2) is 18.2 Å². The predicted molar refractivity (Wildman–Crippen MR) is 78.4 cm³/mol. The van der Waals surface area contributed by atoms with Gasteiger partial charge in [0.05, 0.1) is 6.61 Å². The number of likely N-dealkylation sites (tertiary alicyclic amines) is 1. The van der Waals surface area contributed by atoms with E-state index in [0.717, 1.165) is 24.3 Å². The van der Waals surface area contributed by atoms with E-state index in [9.17, 15) is 9.90 Å². The smallest absolute Gasteiger partial charge is 0.320 e. The van der Waals surface area contributed by atoms with Crippen molar-refractivity contribution in [3.63, 3.8) is 0 Å². The summed E-state index contributed by atoms with van der Waals surface area (Å²) in [5.41, 5.74) is 0.951. The zero-order valence-electron chi connectivity index (χ0n) is 11.8. The Morgan fingerprint density at radius 3 is 3.00 bits per heavy atom. The second kappa shape index (κ2) is 6.46. The molecule has 1 saturated heterocycles. The molecule has 2 rings (SSSR count). The van der Waals surface area contributed by atoms with Crippen LogP contribution < -0.4 is 4.74 Å². The summed E-state index contributed by atoms with van der Waals surface area (Å²) in [6.07, 6.45) is 1.61. The van der Waals surface area contributed by atoms with Gasteiger partial charge in [0.2, 0.25) is 0 Å². The molecular weight excluding hydrogens is 278 g/mol. The summed E-state index contributed by atoms with van der Waals surface area (Å²) < 4.78 is 5.64. The molecule has 1 aromatic rings. The van der Waals surface area contributed by atoms with Crippen LogP contribution in [0.2, 0.25) is 5.02 Å². The topological polar surface area (TPSA) is 49.8 Å². The molecule has 1 fully saturated rings. The third-order valence-electron chi connectivity index (χ3n) is 3.80. The summed E-state index contributed by atoms with van der Waals surface area (Å²) in [4.78, 5) is 13.3. The fraction of sp³-hybridized carbons (Fsp3) is 0.533. The Labute approximate surface area is 124 Å². The molecule has 1 aliphatic heterocycles. The maximum absolute atomic E-state index is 11.3. The number of carboxylic acids is 1. The van der Waals surface area contributed by atoms with E-state index in [-0.39, 0.29) is 6.04 Å². The number of carboxylic acid groups (broad SMARTS) is 1. The minimum atomic E-state index is -0.755. The quantitative estimate of drug-likeness (QED) is 0.905. The number of rotatable bonds is 5. The van der Waals surface area contributed by atoms with Crippen molar-refractivity contribution < 1.29 is 14.6 Å². The highest BCUT2D eigenvalue weighted by Crippen LogP contribution is 2.35. The Kier molecular flexibility index (Phi) is 4.89. The average molecular weight is 298 g/mol. The molecule has 1 aromatic carbocycles. The third kappa shape index (κ3) is 3.07. The molecule has 1 heterocycles. The fourth-order valence-corrected chi connectivity index (χ4v) is 3.01. The molecule has 1 aliphatic rings. The largest absolute Gasteiger partial charge is 0.494 e. The molecule has 0 radical (unpaired) electrons. The maximum atomic E-state index is 11.3. The van der Waals surface area contributed by atoms with E-state index in [1.165, 1.54) is 0 Å². The normalized spacial score (nSPS) is 20.9. The van der Waals surface area contributed by atoms with Gasteiger partial charge in [0.25, 0.3) is 0 Å². The number of halogens is 1. The van der Waals surface area contributed by atoms with Crippen molar-refractivity contribution in [2.24, 2.45) is 0 Å². The monoisotopic (exact) mass is 297 g/mol. The predicted octanol–water partition coefficient (Wildman–Crippen LogP) is 3.35. The zero-order chi connectivity index (χ0) is 14.7. The van der Waals surface area contributed by atoms with Crippen LogP contribution in [0.1, 0.15) is 38.3 Å². The molecule has 0 saturated carbocycles. The Morgan fingerprint density at radius 2 is 2.35 bits per heavy atom. The van der Waals surface area contributed by atoms with Crippen LogP contribution in [0.3, 0.4) is 0 Å². The molecule has 0 aliphatic carbocycles. The summed E-state index contributed by atoms with van der Waals surface area (Å²) in [7, 11) is 0. The van der Waals surface area contributed by atoms with Gasteiger partial charge in [-0.05, 0) is 51.4 Å². The van der Waals surface area contributed by atoms with Gasteiger partial charge in [0.15, 0.2) is 0 Å². The van der Waals surface area contributed by atoms with Crippen LogP contribution in [0, 0.1) is 0 Å². The Hall–Kier alpha value is -1.26. The Bertz CT molecular complexity index is 492. The van der Waals surface area contributed by atoms with Gasteiger partial charge in [0, 0.05) is 16.6 Å². The van der Waals surface area contributed by atoms with Crippen LogP contribution in [0.25, 0.3) is 0 Å². The lowest BCUT2D eigenvalue weighted by Crippen LogP contribution is -2.37. The molecular formula is C15H20ClNO3. The van der Waals surface area contributed by atoms with E-state index >= 15 is 0 Å². The van der Waals surface area contributed by atoms with Gasteiger partial charge in [-0.3, -0.25) is 9.69 Å². The molecule has 0 bridgehead atoms. The molecule has 0 spiro atoms. The molecule has 20 heavy (non-hydrogen) atoms. The van der Waals surface area contributed by atoms with Crippen LogP contribution >= 0.6 is 11.6 Å². The highest BCUT2D eigenvalue weighted by atomic mass is 35.5. The summed E-state index contributed by atoms with van der Waals surface area (Å²) in [5.74, 6) is 0.0229. The Morgan fingerprint density at radius 1 is 1.60 bits per heavy atom. The molecule has 0 aromatic heterocycles. The minimum absolute atomic E-state index is 0.0288. The van der Waals surface area contributed by atoms with E-state index in [2.05, 4.69) is 0 Å². The molecule has 2 unspecified atom stereocenters. The van der Waals surface area contributed by atoms with E-state index in [1.807, 2.05) is 30.9 Å². The van der Waals surface area contributed by atoms with Gasteiger partial charge < -0.3 is 9.84 Å². The summed E-state index contributed by atoms with van der Waals surface area (Å²) in [6, 6.07) is 5.07. The first kappa shape index (κ1) is 15.1. The summed E-state index contributed by atoms with van der Waals surface area (Å²) in [5, 5.41) is 9.95. The minimum Gasteiger partial charge on any atom is -0.494 e. The highest BCUT2D eigenvalue weighted by molar-refractivity contribution is 6.30. The van der Waals surface area contributed by atoms with Crippen LogP contribution in [0.5, 0.6) is 5.75 Å². The number of ether oxygens (including phenoxy) is 1. The summed E-state index contributed by atoms with van der Waals surface area (Å²) in [6.45, 7) is 5.30. The SMILES string of the molecule is CCOc1ccc(Cl)cc1C(C)N1CCCC1C(=O)O. The molecule has 110 valence electrons. The third-order valence-corrected chi connectivity index (χ3v) is 4.03.